The average molecular weight is 460 g/mol. The van der Waals surface area contributed by atoms with Gasteiger partial charge in [-0.2, -0.15) is 0 Å². The fourth-order valence-corrected chi connectivity index (χ4v) is 3.12. The molecule has 1 atom stereocenters. The summed E-state index contributed by atoms with van der Waals surface area (Å²) in [4.78, 5) is 28.0. The van der Waals surface area contributed by atoms with E-state index in [2.05, 4.69) is 22.6 Å². The molecule has 1 aromatic carbocycles. The SMILES string of the molecule is CC1CN(C(=O)OC(C)(C)C)CCN1C(=O)COc1cccc(I)c1. The van der Waals surface area contributed by atoms with Gasteiger partial charge < -0.3 is 19.3 Å². The van der Waals surface area contributed by atoms with Crippen molar-refractivity contribution in [3.63, 3.8) is 0 Å². The number of benzene rings is 1. The Morgan fingerprint density at radius 3 is 2.60 bits per heavy atom. The molecule has 1 saturated heterocycles. The minimum absolute atomic E-state index is 0.00310. The molecule has 0 aliphatic carbocycles. The third-order valence-electron chi connectivity index (χ3n) is 3.76. The van der Waals surface area contributed by atoms with E-state index in [1.54, 1.807) is 9.80 Å². The summed E-state index contributed by atoms with van der Waals surface area (Å²) in [5.41, 5.74) is -0.520. The molecule has 25 heavy (non-hydrogen) atoms. The van der Waals surface area contributed by atoms with E-state index in [4.69, 9.17) is 9.47 Å². The second-order valence-electron chi connectivity index (χ2n) is 7.11. The van der Waals surface area contributed by atoms with Crippen LogP contribution in [-0.4, -0.2) is 59.7 Å². The Bertz CT molecular complexity index is 630. The first-order valence-electron chi connectivity index (χ1n) is 8.31. The van der Waals surface area contributed by atoms with E-state index in [0.29, 0.717) is 25.4 Å². The van der Waals surface area contributed by atoms with Crippen LogP contribution in [0.3, 0.4) is 0 Å². The number of piperazine rings is 1. The van der Waals surface area contributed by atoms with Crippen molar-refractivity contribution in [3.05, 3.63) is 27.8 Å². The first kappa shape index (κ1) is 19.8. The predicted molar refractivity (Wildman–Crippen MR) is 104 cm³/mol. The number of carbonyl (C=O) groups is 2. The lowest BCUT2D eigenvalue weighted by Crippen LogP contribution is -2.56. The van der Waals surface area contributed by atoms with Crippen molar-refractivity contribution >= 4 is 34.6 Å². The fraction of sp³-hybridized carbons (Fsp3) is 0.556. The molecular formula is C18H25IN2O4. The zero-order valence-corrected chi connectivity index (χ0v) is 17.3. The van der Waals surface area contributed by atoms with Crippen molar-refractivity contribution in [2.24, 2.45) is 0 Å². The highest BCUT2D eigenvalue weighted by molar-refractivity contribution is 14.1. The largest absolute Gasteiger partial charge is 0.484 e. The molecule has 0 aromatic heterocycles. The maximum absolute atomic E-state index is 12.4. The molecule has 0 saturated carbocycles. The van der Waals surface area contributed by atoms with Gasteiger partial charge in [0, 0.05) is 29.2 Å². The number of halogens is 1. The minimum atomic E-state index is -0.520. The zero-order chi connectivity index (χ0) is 18.6. The van der Waals surface area contributed by atoms with Crippen molar-refractivity contribution in [2.45, 2.75) is 39.3 Å². The van der Waals surface area contributed by atoms with Gasteiger partial charge in [-0.15, -0.1) is 0 Å². The third kappa shape index (κ3) is 6.05. The van der Waals surface area contributed by atoms with Crippen LogP contribution in [0.1, 0.15) is 27.7 Å². The quantitative estimate of drug-likeness (QED) is 0.651. The molecule has 138 valence electrons. The van der Waals surface area contributed by atoms with Crippen LogP contribution in [0.4, 0.5) is 4.79 Å². The Labute approximate surface area is 162 Å². The summed E-state index contributed by atoms with van der Waals surface area (Å²) in [6.07, 6.45) is -0.332. The van der Waals surface area contributed by atoms with E-state index in [1.807, 2.05) is 52.0 Å². The van der Waals surface area contributed by atoms with E-state index in [9.17, 15) is 9.59 Å². The van der Waals surface area contributed by atoms with Crippen LogP contribution in [0, 0.1) is 3.57 Å². The fourth-order valence-electron chi connectivity index (χ4n) is 2.61. The van der Waals surface area contributed by atoms with E-state index in [0.717, 1.165) is 3.57 Å². The van der Waals surface area contributed by atoms with Crippen molar-refractivity contribution < 1.29 is 19.1 Å². The van der Waals surface area contributed by atoms with Crippen LogP contribution in [0.5, 0.6) is 5.75 Å². The summed E-state index contributed by atoms with van der Waals surface area (Å²) >= 11 is 2.20. The lowest BCUT2D eigenvalue weighted by atomic mass is 10.2. The van der Waals surface area contributed by atoms with E-state index in [-0.39, 0.29) is 24.6 Å². The highest BCUT2D eigenvalue weighted by Crippen LogP contribution is 2.17. The van der Waals surface area contributed by atoms with Gasteiger partial charge in [0.2, 0.25) is 0 Å². The van der Waals surface area contributed by atoms with Gasteiger partial charge in [-0.3, -0.25) is 4.79 Å². The molecule has 1 aromatic rings. The van der Waals surface area contributed by atoms with Crippen LogP contribution >= 0.6 is 22.6 Å². The first-order chi connectivity index (χ1) is 11.7. The third-order valence-corrected chi connectivity index (χ3v) is 4.43. The molecule has 7 heteroatoms. The highest BCUT2D eigenvalue weighted by atomic mass is 127. The molecule has 6 nitrogen and oxygen atoms in total. The number of rotatable bonds is 3. The summed E-state index contributed by atoms with van der Waals surface area (Å²) in [6.45, 7) is 8.87. The Kier molecular flexibility index (Phi) is 6.53. The van der Waals surface area contributed by atoms with E-state index in [1.165, 1.54) is 0 Å². The Hall–Kier alpha value is -1.51. The molecule has 0 N–H and O–H groups in total. The normalized spacial score (nSPS) is 18.0. The number of hydrogen-bond acceptors (Lipinski definition) is 4. The van der Waals surface area contributed by atoms with Crippen LogP contribution in [0.2, 0.25) is 0 Å². The molecule has 1 aliphatic heterocycles. The monoisotopic (exact) mass is 460 g/mol. The Morgan fingerprint density at radius 1 is 1.28 bits per heavy atom. The van der Waals surface area contributed by atoms with Gasteiger partial charge >= 0.3 is 6.09 Å². The molecule has 1 unspecified atom stereocenters. The van der Waals surface area contributed by atoms with Gasteiger partial charge in [0.05, 0.1) is 0 Å². The summed E-state index contributed by atoms with van der Waals surface area (Å²) in [6, 6.07) is 7.50. The summed E-state index contributed by atoms with van der Waals surface area (Å²) in [5.74, 6) is 0.607. The van der Waals surface area contributed by atoms with Gasteiger partial charge in [0.1, 0.15) is 11.4 Å². The second-order valence-corrected chi connectivity index (χ2v) is 8.35. The number of nitrogens with zero attached hydrogens (tertiary/aromatic N) is 2. The maximum atomic E-state index is 12.4. The Morgan fingerprint density at radius 2 is 2.00 bits per heavy atom. The summed E-state index contributed by atoms with van der Waals surface area (Å²) < 4.78 is 12.0. The molecule has 0 radical (unpaired) electrons. The highest BCUT2D eigenvalue weighted by Gasteiger charge is 2.32. The minimum Gasteiger partial charge on any atom is -0.484 e. The Balaban J connectivity index is 1.86. The first-order valence-corrected chi connectivity index (χ1v) is 9.39. The van der Waals surface area contributed by atoms with Crippen molar-refractivity contribution in [1.82, 2.24) is 9.80 Å². The zero-order valence-electron chi connectivity index (χ0n) is 15.1. The molecule has 1 heterocycles. The van der Waals surface area contributed by atoms with Gasteiger partial charge in [0.15, 0.2) is 6.61 Å². The summed E-state index contributed by atoms with van der Waals surface area (Å²) in [5, 5.41) is 0. The number of hydrogen-bond donors (Lipinski definition) is 0. The second kappa shape index (κ2) is 8.25. The summed E-state index contributed by atoms with van der Waals surface area (Å²) in [7, 11) is 0. The molecule has 0 spiro atoms. The topological polar surface area (TPSA) is 59.1 Å². The van der Waals surface area contributed by atoms with E-state index < -0.39 is 5.60 Å². The number of amides is 2. The van der Waals surface area contributed by atoms with E-state index >= 15 is 0 Å². The molecule has 1 fully saturated rings. The lowest BCUT2D eigenvalue weighted by Gasteiger charge is -2.40. The molecule has 2 amide bonds. The number of carbonyl (C=O) groups excluding carboxylic acids is 2. The van der Waals surface area contributed by atoms with Gasteiger partial charge in [-0.1, -0.05) is 6.07 Å². The number of ether oxygens (including phenoxy) is 2. The molecule has 2 rings (SSSR count). The van der Waals surface area contributed by atoms with Crippen LogP contribution in [-0.2, 0) is 9.53 Å². The molecular weight excluding hydrogens is 435 g/mol. The van der Waals surface area contributed by atoms with Crippen molar-refractivity contribution in [1.29, 1.82) is 0 Å². The van der Waals surface area contributed by atoms with Crippen LogP contribution in [0.25, 0.3) is 0 Å². The van der Waals surface area contributed by atoms with Gasteiger partial charge in [-0.25, -0.2) is 4.79 Å². The predicted octanol–water partition coefficient (Wildman–Crippen LogP) is 3.14. The van der Waals surface area contributed by atoms with Crippen molar-refractivity contribution in [2.75, 3.05) is 26.2 Å². The maximum Gasteiger partial charge on any atom is 0.410 e. The van der Waals surface area contributed by atoms with Gasteiger partial charge in [-0.05, 0) is 68.5 Å². The molecule has 0 bridgehead atoms. The van der Waals surface area contributed by atoms with Crippen molar-refractivity contribution in [3.8, 4) is 5.75 Å². The molecule has 1 aliphatic rings. The van der Waals surface area contributed by atoms with Crippen LogP contribution in [0.15, 0.2) is 24.3 Å². The standard InChI is InChI=1S/C18H25IN2O4/c1-13-11-20(17(23)25-18(2,3)4)8-9-21(13)16(22)12-24-15-7-5-6-14(19)10-15/h5-7,10,13H,8-9,11-12H2,1-4H3. The smallest absolute Gasteiger partial charge is 0.410 e. The van der Waals surface area contributed by atoms with Gasteiger partial charge in [0.25, 0.3) is 5.91 Å². The van der Waals surface area contributed by atoms with Crippen LogP contribution < -0.4 is 4.74 Å². The lowest BCUT2D eigenvalue weighted by molar-refractivity contribution is -0.137. The average Bonchev–Trinajstić information content (AvgIpc) is 2.51.